The van der Waals surface area contributed by atoms with Crippen molar-refractivity contribution in [3.63, 3.8) is 0 Å². The summed E-state index contributed by atoms with van der Waals surface area (Å²) in [5, 5.41) is 0. The van der Waals surface area contributed by atoms with Crippen LogP contribution in [0.1, 0.15) is 169 Å². The number of allylic oxidation sites excluding steroid dienone is 3. The van der Waals surface area contributed by atoms with Gasteiger partial charge in [0, 0.05) is 12.8 Å². The fourth-order valence-electron chi connectivity index (χ4n) is 10.2. The predicted molar refractivity (Wildman–Crippen MR) is 189 cm³/mol. The third-order valence-electron chi connectivity index (χ3n) is 12.5. The molecule has 44 heavy (non-hydrogen) atoms. The largest absolute Gasteiger partial charge is 0.548 e. The van der Waals surface area contributed by atoms with Gasteiger partial charge < -0.3 is 9.16 Å². The Hall–Kier alpha value is -1.03. The molecule has 0 aromatic carbocycles. The van der Waals surface area contributed by atoms with Gasteiger partial charge in [0.25, 0.3) is 0 Å². The van der Waals surface area contributed by atoms with Crippen LogP contribution in [0.5, 0.6) is 0 Å². The highest BCUT2D eigenvalue weighted by molar-refractivity contribution is 6.70. The van der Waals surface area contributed by atoms with Crippen molar-refractivity contribution in [1.29, 1.82) is 0 Å². The van der Waals surface area contributed by atoms with E-state index in [1.54, 1.807) is 11.1 Å². The Labute approximate surface area is 273 Å². The molecule has 0 bridgehead atoms. The van der Waals surface area contributed by atoms with E-state index in [0.29, 0.717) is 17.3 Å². The number of carbonyl (C=O) groups is 1. The third kappa shape index (κ3) is 9.06. The summed E-state index contributed by atoms with van der Waals surface area (Å²) < 4.78 is 12.7. The van der Waals surface area contributed by atoms with Gasteiger partial charge in [-0.05, 0) is 112 Å². The van der Waals surface area contributed by atoms with Gasteiger partial charge in [-0.2, -0.15) is 0 Å². The number of rotatable bonds is 17. The van der Waals surface area contributed by atoms with Crippen LogP contribution < -0.4 is 0 Å². The van der Waals surface area contributed by atoms with E-state index in [0.717, 1.165) is 37.0 Å². The number of esters is 1. The summed E-state index contributed by atoms with van der Waals surface area (Å²) in [6, 6.07) is 0. The van der Waals surface area contributed by atoms with Crippen molar-refractivity contribution in [2.75, 3.05) is 0 Å². The van der Waals surface area contributed by atoms with Gasteiger partial charge in [0.1, 0.15) is 6.10 Å². The Bertz CT molecular complexity index is 991. The molecule has 252 valence electrons. The van der Waals surface area contributed by atoms with Crippen molar-refractivity contribution in [2.24, 2.45) is 28.6 Å². The number of unbranched alkanes of at least 4 members (excludes halogenated alkanes) is 12. The lowest BCUT2D eigenvalue weighted by Gasteiger charge is -2.57. The van der Waals surface area contributed by atoms with Crippen LogP contribution in [-0.2, 0) is 14.0 Å². The summed E-state index contributed by atoms with van der Waals surface area (Å²) >= 11 is 0. The van der Waals surface area contributed by atoms with Crippen molar-refractivity contribution in [3.8, 4) is 0 Å². The lowest BCUT2D eigenvalue weighted by molar-refractivity contribution is -0.151. The first kappa shape index (κ1) is 35.8. The summed E-state index contributed by atoms with van der Waals surface area (Å²) in [5.41, 5.74) is 3.85. The van der Waals surface area contributed by atoms with E-state index >= 15 is 0 Å². The number of hydrogen-bond donors (Lipinski definition) is 0. The molecule has 0 amide bonds. The average Bonchev–Trinajstić information content (AvgIpc) is 3.32. The van der Waals surface area contributed by atoms with E-state index in [9.17, 15) is 4.79 Å². The number of hydrogen-bond acceptors (Lipinski definition) is 3. The van der Waals surface area contributed by atoms with Gasteiger partial charge in [0.05, 0.1) is 5.76 Å². The minimum atomic E-state index is -1.59. The highest BCUT2D eigenvalue weighted by Crippen LogP contribution is 2.66. The predicted octanol–water partition coefficient (Wildman–Crippen LogP) is 12.5. The molecule has 0 N–H and O–H groups in total. The third-order valence-corrected chi connectivity index (χ3v) is 13.4. The molecule has 0 aromatic heterocycles. The van der Waals surface area contributed by atoms with Crippen molar-refractivity contribution < 1.29 is 14.0 Å². The number of ether oxygens (including phenoxy) is 1. The quantitative estimate of drug-likeness (QED) is 0.0530. The molecule has 4 heteroatoms. The first-order valence-electron chi connectivity index (χ1n) is 19.3. The lowest BCUT2D eigenvalue weighted by atomic mass is 9.48. The second kappa shape index (κ2) is 16.2. The standard InChI is InChI=1S/C40H70O3Si/c1-8-9-10-11-12-13-14-15-16-17-18-19-20-21-38(41)42-33-26-28-39(3)32(30-33)22-23-34-36-25-24-35(31(2)43-44(5,6)7)40(36,4)29-27-37(34)39/h22,33-34,36-37H,8-21,23-30H2,1-7H3/b35-31+/t33?,34-,36-,37-,39-,40+/m0/s1. The second-order valence-electron chi connectivity index (χ2n) is 16.9. The van der Waals surface area contributed by atoms with Crippen LogP contribution in [-0.4, -0.2) is 20.4 Å². The van der Waals surface area contributed by atoms with Gasteiger partial charge in [-0.25, -0.2) is 0 Å². The summed E-state index contributed by atoms with van der Waals surface area (Å²) in [6.45, 7) is 16.6. The molecule has 0 spiro atoms. The molecule has 4 rings (SSSR count). The zero-order valence-corrected chi connectivity index (χ0v) is 31.2. The minimum Gasteiger partial charge on any atom is -0.548 e. The van der Waals surface area contributed by atoms with E-state index in [1.165, 1.54) is 121 Å². The summed E-state index contributed by atoms with van der Waals surface area (Å²) in [4.78, 5) is 12.8. The monoisotopic (exact) mass is 627 g/mol. The fourth-order valence-corrected chi connectivity index (χ4v) is 11.2. The van der Waals surface area contributed by atoms with Crippen LogP contribution in [0.3, 0.4) is 0 Å². The highest BCUT2D eigenvalue weighted by atomic mass is 28.4. The molecule has 4 aliphatic rings. The molecule has 6 atom stereocenters. The molecule has 0 radical (unpaired) electrons. The molecule has 0 aliphatic heterocycles. The zero-order chi connectivity index (χ0) is 31.8. The Kier molecular flexibility index (Phi) is 13.2. The van der Waals surface area contributed by atoms with Crippen molar-refractivity contribution in [3.05, 3.63) is 23.0 Å². The second-order valence-corrected chi connectivity index (χ2v) is 21.3. The molecular weight excluding hydrogens is 557 g/mol. The van der Waals surface area contributed by atoms with Gasteiger partial charge in [-0.3, -0.25) is 4.79 Å². The first-order valence-corrected chi connectivity index (χ1v) is 22.7. The smallest absolute Gasteiger partial charge is 0.306 e. The Morgan fingerprint density at radius 2 is 1.39 bits per heavy atom. The van der Waals surface area contributed by atoms with Crippen molar-refractivity contribution >= 4 is 14.3 Å². The van der Waals surface area contributed by atoms with E-state index in [1.807, 2.05) is 0 Å². The van der Waals surface area contributed by atoms with Gasteiger partial charge in [-0.1, -0.05) is 109 Å². The molecule has 3 saturated carbocycles. The van der Waals surface area contributed by atoms with E-state index in [4.69, 9.17) is 9.16 Å². The van der Waals surface area contributed by atoms with E-state index in [-0.39, 0.29) is 12.1 Å². The highest BCUT2D eigenvalue weighted by Gasteiger charge is 2.58. The van der Waals surface area contributed by atoms with Crippen LogP contribution in [0.4, 0.5) is 0 Å². The molecule has 0 saturated heterocycles. The van der Waals surface area contributed by atoms with Crippen molar-refractivity contribution in [2.45, 2.75) is 195 Å². The van der Waals surface area contributed by atoms with Gasteiger partial charge in [0.2, 0.25) is 8.32 Å². The molecule has 0 aromatic rings. The molecule has 3 fully saturated rings. The van der Waals surface area contributed by atoms with Crippen LogP contribution in [0.25, 0.3) is 0 Å². The van der Waals surface area contributed by atoms with Crippen LogP contribution in [0.2, 0.25) is 19.6 Å². The van der Waals surface area contributed by atoms with Crippen LogP contribution in [0, 0.1) is 28.6 Å². The normalized spacial score (nSPS) is 32.8. The van der Waals surface area contributed by atoms with Gasteiger partial charge in [-0.15, -0.1) is 0 Å². The SMILES string of the molecule is CCCCCCCCCCCCCCCC(=O)OC1CC[C@@]2(C)C(=CC[C@@H]3[C@@H]2CC[C@]2(C)/C(=C(\C)O[Si](C)(C)C)CC[C@@H]32)C1. The van der Waals surface area contributed by atoms with E-state index < -0.39 is 8.32 Å². The maximum absolute atomic E-state index is 12.8. The Balaban J connectivity index is 1.17. The molecule has 3 nitrogen and oxygen atoms in total. The lowest BCUT2D eigenvalue weighted by Crippen LogP contribution is -2.50. The Morgan fingerprint density at radius 1 is 0.818 bits per heavy atom. The molecule has 0 heterocycles. The van der Waals surface area contributed by atoms with Crippen molar-refractivity contribution in [1.82, 2.24) is 0 Å². The van der Waals surface area contributed by atoms with Gasteiger partial charge >= 0.3 is 5.97 Å². The van der Waals surface area contributed by atoms with E-state index in [2.05, 4.69) is 53.4 Å². The number of carbonyl (C=O) groups excluding carboxylic acids is 1. The molecular formula is C40H70O3Si. The summed E-state index contributed by atoms with van der Waals surface area (Å²) in [6.07, 6.45) is 30.3. The van der Waals surface area contributed by atoms with Crippen LogP contribution >= 0.6 is 0 Å². The topological polar surface area (TPSA) is 35.5 Å². The summed E-state index contributed by atoms with van der Waals surface area (Å²) in [7, 11) is -1.59. The maximum atomic E-state index is 12.8. The molecule has 4 aliphatic carbocycles. The first-order chi connectivity index (χ1) is 21.0. The van der Waals surface area contributed by atoms with Gasteiger partial charge in [0.15, 0.2) is 0 Å². The van der Waals surface area contributed by atoms with Crippen LogP contribution in [0.15, 0.2) is 23.0 Å². The maximum Gasteiger partial charge on any atom is 0.306 e. The Morgan fingerprint density at radius 3 is 2.00 bits per heavy atom. The zero-order valence-electron chi connectivity index (χ0n) is 30.2. The molecule has 1 unspecified atom stereocenters. The fraction of sp³-hybridized carbons (Fsp3) is 0.875. The number of fused-ring (bicyclic) bond motifs is 5. The summed E-state index contributed by atoms with van der Waals surface area (Å²) in [5.74, 6) is 3.65. The minimum absolute atomic E-state index is 0.0468. The average molecular weight is 627 g/mol.